The molecule has 1 saturated heterocycles. The highest BCUT2D eigenvalue weighted by molar-refractivity contribution is 6.04. The number of nitro groups is 1. The van der Waals surface area contributed by atoms with Crippen LogP contribution in [0.2, 0.25) is 0 Å². The fourth-order valence-electron chi connectivity index (χ4n) is 1.89. The lowest BCUT2D eigenvalue weighted by atomic mass is 10.2. The number of imide groups is 1. The zero-order valence-electron chi connectivity index (χ0n) is 10.8. The van der Waals surface area contributed by atoms with Crippen LogP contribution in [0.1, 0.15) is 17.4 Å². The van der Waals surface area contributed by atoms with Crippen molar-refractivity contribution in [2.24, 2.45) is 0 Å². The molecule has 0 radical (unpaired) electrons. The third kappa shape index (κ3) is 2.63. The summed E-state index contributed by atoms with van der Waals surface area (Å²) in [6, 6.07) is 1.08. The van der Waals surface area contributed by atoms with Crippen molar-refractivity contribution in [3.8, 4) is 0 Å². The van der Waals surface area contributed by atoms with Crippen LogP contribution in [0.3, 0.4) is 0 Å². The highest BCUT2D eigenvalue weighted by Crippen LogP contribution is 2.28. The summed E-state index contributed by atoms with van der Waals surface area (Å²) in [6.45, 7) is 1.10. The largest absolute Gasteiger partial charge is 0.477 e. The molecule has 10 heteroatoms. The Morgan fingerprint density at radius 1 is 1.52 bits per heavy atom. The summed E-state index contributed by atoms with van der Waals surface area (Å²) in [7, 11) is 0. The van der Waals surface area contributed by atoms with Crippen LogP contribution in [-0.4, -0.2) is 45.4 Å². The van der Waals surface area contributed by atoms with Crippen LogP contribution in [0.15, 0.2) is 12.1 Å². The molecule has 2 N–H and O–H groups in total. The summed E-state index contributed by atoms with van der Waals surface area (Å²) >= 11 is 0. The fraction of sp³-hybridized carbons (Fsp3) is 0.273. The Labute approximate surface area is 117 Å². The molecular weight excluding hydrogens is 284 g/mol. The summed E-state index contributed by atoms with van der Waals surface area (Å²) < 4.78 is 0. The van der Waals surface area contributed by atoms with E-state index in [1.54, 1.807) is 0 Å². The number of hydrogen-bond donors (Lipinski definition) is 2. The van der Waals surface area contributed by atoms with E-state index in [9.17, 15) is 24.5 Å². The second kappa shape index (κ2) is 5.15. The Morgan fingerprint density at radius 3 is 2.76 bits per heavy atom. The van der Waals surface area contributed by atoms with Crippen molar-refractivity contribution >= 4 is 29.3 Å². The Bertz CT molecular complexity index is 658. The SMILES string of the molecule is CC1C(=O)NC(=O)CN1c1nc(C(=O)O)ccc1[N+](=O)[O-]. The molecule has 2 heterocycles. The molecule has 1 aromatic heterocycles. The van der Waals surface area contributed by atoms with Crippen LogP contribution >= 0.6 is 0 Å². The van der Waals surface area contributed by atoms with E-state index in [0.29, 0.717) is 0 Å². The normalized spacial score (nSPS) is 18.3. The lowest BCUT2D eigenvalue weighted by Gasteiger charge is -2.32. The van der Waals surface area contributed by atoms with Crippen molar-refractivity contribution in [2.75, 3.05) is 11.4 Å². The quantitative estimate of drug-likeness (QED) is 0.433. The Balaban J connectivity index is 2.56. The monoisotopic (exact) mass is 294 g/mol. The molecule has 1 aliphatic heterocycles. The molecule has 1 unspecified atom stereocenters. The minimum atomic E-state index is -1.37. The third-order valence-corrected chi connectivity index (χ3v) is 2.97. The van der Waals surface area contributed by atoms with Crippen molar-refractivity contribution < 1.29 is 24.4 Å². The van der Waals surface area contributed by atoms with Gasteiger partial charge in [0.05, 0.1) is 11.5 Å². The molecule has 1 fully saturated rings. The maximum Gasteiger partial charge on any atom is 0.354 e. The van der Waals surface area contributed by atoms with Gasteiger partial charge in [-0.15, -0.1) is 0 Å². The van der Waals surface area contributed by atoms with Gasteiger partial charge in [-0.2, -0.15) is 0 Å². The number of carbonyl (C=O) groups excluding carboxylic acids is 2. The average molecular weight is 294 g/mol. The van der Waals surface area contributed by atoms with Crippen LogP contribution in [0.25, 0.3) is 0 Å². The minimum absolute atomic E-state index is 0.324. The molecule has 10 nitrogen and oxygen atoms in total. The molecule has 1 aromatic rings. The van der Waals surface area contributed by atoms with Crippen LogP contribution in [0.5, 0.6) is 0 Å². The van der Waals surface area contributed by atoms with E-state index < -0.39 is 40.1 Å². The molecule has 0 aliphatic carbocycles. The van der Waals surface area contributed by atoms with E-state index in [1.165, 1.54) is 6.92 Å². The molecule has 0 spiro atoms. The molecule has 0 aromatic carbocycles. The maximum absolute atomic E-state index is 11.6. The number of carboxylic acid groups (broad SMARTS) is 1. The number of nitrogens with zero attached hydrogens (tertiary/aromatic N) is 3. The number of aromatic nitrogens is 1. The first-order valence-electron chi connectivity index (χ1n) is 5.80. The number of pyridine rings is 1. The Kier molecular flexibility index (Phi) is 3.52. The van der Waals surface area contributed by atoms with Gasteiger partial charge < -0.3 is 10.0 Å². The van der Waals surface area contributed by atoms with Gasteiger partial charge in [-0.25, -0.2) is 9.78 Å². The summed E-state index contributed by atoms with van der Waals surface area (Å²) in [5.74, 6) is -2.97. The second-order valence-corrected chi connectivity index (χ2v) is 4.32. The number of carboxylic acids is 1. The van der Waals surface area contributed by atoms with Gasteiger partial charge in [0.25, 0.3) is 0 Å². The first kappa shape index (κ1) is 14.4. The van der Waals surface area contributed by atoms with Crippen LogP contribution in [-0.2, 0) is 9.59 Å². The maximum atomic E-state index is 11.6. The summed E-state index contributed by atoms with van der Waals surface area (Å²) in [6.07, 6.45) is 0. The highest BCUT2D eigenvalue weighted by Gasteiger charge is 2.35. The number of carbonyl (C=O) groups is 3. The summed E-state index contributed by atoms with van der Waals surface area (Å²) in [5, 5.41) is 22.0. The van der Waals surface area contributed by atoms with Gasteiger partial charge in [-0.1, -0.05) is 0 Å². The number of piperazine rings is 1. The molecule has 21 heavy (non-hydrogen) atoms. The standard InChI is InChI=1S/C11H10N4O6/c1-5-10(17)13-8(16)4-14(5)9-7(15(20)21)3-2-6(12-9)11(18)19/h2-3,5H,4H2,1H3,(H,18,19)(H,13,16,17). The number of aromatic carboxylic acids is 1. The van der Waals surface area contributed by atoms with Gasteiger partial charge in [-0.05, 0) is 13.0 Å². The molecule has 0 saturated carbocycles. The van der Waals surface area contributed by atoms with Gasteiger partial charge in [0.2, 0.25) is 17.6 Å². The van der Waals surface area contributed by atoms with Crippen molar-refractivity contribution in [2.45, 2.75) is 13.0 Å². The number of amides is 2. The Morgan fingerprint density at radius 2 is 2.19 bits per heavy atom. The highest BCUT2D eigenvalue weighted by atomic mass is 16.6. The van der Waals surface area contributed by atoms with Crippen molar-refractivity contribution in [1.82, 2.24) is 10.3 Å². The first-order valence-corrected chi connectivity index (χ1v) is 5.80. The molecule has 1 atom stereocenters. The van der Waals surface area contributed by atoms with E-state index in [-0.39, 0.29) is 12.4 Å². The predicted octanol–water partition coefficient (Wildman–Crippen LogP) is -0.461. The van der Waals surface area contributed by atoms with Crippen molar-refractivity contribution in [1.29, 1.82) is 0 Å². The number of hydrogen-bond acceptors (Lipinski definition) is 7. The first-order chi connectivity index (χ1) is 9.81. The molecule has 1 aliphatic rings. The topological polar surface area (TPSA) is 143 Å². The summed E-state index contributed by atoms with van der Waals surface area (Å²) in [4.78, 5) is 49.0. The zero-order chi connectivity index (χ0) is 15.7. The van der Waals surface area contributed by atoms with E-state index in [2.05, 4.69) is 10.3 Å². The average Bonchev–Trinajstić information content (AvgIpc) is 2.41. The predicted molar refractivity (Wildman–Crippen MR) is 67.8 cm³/mol. The number of anilines is 1. The van der Waals surface area contributed by atoms with Gasteiger partial charge in [0, 0.05) is 6.07 Å². The molecular formula is C11H10N4O6. The Hall–Kier alpha value is -3.04. The zero-order valence-corrected chi connectivity index (χ0v) is 10.8. The van der Waals surface area contributed by atoms with Gasteiger partial charge in [-0.3, -0.25) is 25.0 Å². The lowest BCUT2D eigenvalue weighted by Crippen LogP contribution is -2.57. The molecule has 2 rings (SSSR count). The molecule has 2 amide bonds. The van der Waals surface area contributed by atoms with Gasteiger partial charge in [0.1, 0.15) is 6.04 Å². The fourth-order valence-corrected chi connectivity index (χ4v) is 1.89. The summed E-state index contributed by atoms with van der Waals surface area (Å²) in [5.41, 5.74) is -0.893. The van der Waals surface area contributed by atoms with Crippen molar-refractivity contribution in [3.05, 3.63) is 27.9 Å². The van der Waals surface area contributed by atoms with E-state index >= 15 is 0 Å². The van der Waals surface area contributed by atoms with Gasteiger partial charge >= 0.3 is 11.7 Å². The number of rotatable bonds is 3. The van der Waals surface area contributed by atoms with Crippen molar-refractivity contribution in [3.63, 3.8) is 0 Å². The second-order valence-electron chi connectivity index (χ2n) is 4.32. The lowest BCUT2D eigenvalue weighted by molar-refractivity contribution is -0.384. The number of nitrogens with one attached hydrogen (secondary N) is 1. The van der Waals surface area contributed by atoms with Crippen LogP contribution in [0, 0.1) is 10.1 Å². The van der Waals surface area contributed by atoms with E-state index in [0.717, 1.165) is 17.0 Å². The molecule has 0 bridgehead atoms. The van der Waals surface area contributed by atoms with Gasteiger partial charge in [0.15, 0.2) is 5.69 Å². The van der Waals surface area contributed by atoms with E-state index in [4.69, 9.17) is 5.11 Å². The van der Waals surface area contributed by atoms with Crippen LogP contribution < -0.4 is 10.2 Å². The van der Waals surface area contributed by atoms with Crippen LogP contribution in [0.4, 0.5) is 11.5 Å². The van der Waals surface area contributed by atoms with E-state index in [1.807, 2.05) is 0 Å². The third-order valence-electron chi connectivity index (χ3n) is 2.97. The molecule has 110 valence electrons. The minimum Gasteiger partial charge on any atom is -0.477 e. The smallest absolute Gasteiger partial charge is 0.354 e.